The summed E-state index contributed by atoms with van der Waals surface area (Å²) in [6, 6.07) is 10.4. The van der Waals surface area contributed by atoms with Crippen molar-refractivity contribution in [3.05, 3.63) is 53.6 Å². The summed E-state index contributed by atoms with van der Waals surface area (Å²) in [6.07, 6.45) is 3.14. The van der Waals surface area contributed by atoms with Gasteiger partial charge in [0.05, 0.1) is 21.3 Å². The Balaban J connectivity index is 2.34. The quantitative estimate of drug-likeness (QED) is 0.504. The highest BCUT2D eigenvalue weighted by Crippen LogP contribution is 2.40. The van der Waals surface area contributed by atoms with E-state index in [4.69, 9.17) is 19.9 Å². The van der Waals surface area contributed by atoms with E-state index >= 15 is 0 Å². The second kappa shape index (κ2) is 7.35. The zero-order valence-electron chi connectivity index (χ0n) is 13.3. The molecule has 23 heavy (non-hydrogen) atoms. The van der Waals surface area contributed by atoms with Gasteiger partial charge in [-0.2, -0.15) is 0 Å². The lowest BCUT2D eigenvalue weighted by Gasteiger charge is -2.13. The number of benzene rings is 2. The molecule has 5 nitrogen and oxygen atoms in total. The summed E-state index contributed by atoms with van der Waals surface area (Å²) in [5.41, 5.74) is 7.48. The van der Waals surface area contributed by atoms with Crippen LogP contribution in [0.25, 0.3) is 6.08 Å². The van der Waals surface area contributed by atoms with Crippen molar-refractivity contribution in [2.24, 2.45) is 0 Å². The third kappa shape index (κ3) is 3.63. The highest BCUT2D eigenvalue weighted by Gasteiger charge is 2.14. The largest absolute Gasteiger partial charge is 0.493 e. The van der Waals surface area contributed by atoms with E-state index in [0.29, 0.717) is 34.1 Å². The van der Waals surface area contributed by atoms with Crippen LogP contribution >= 0.6 is 0 Å². The predicted octanol–water partition coefficient (Wildman–Crippen LogP) is 3.19. The normalized spacial score (nSPS) is 10.6. The summed E-state index contributed by atoms with van der Waals surface area (Å²) in [6.45, 7) is 0. The van der Waals surface area contributed by atoms with E-state index in [9.17, 15) is 4.79 Å². The number of methoxy groups -OCH3 is 3. The van der Waals surface area contributed by atoms with Crippen LogP contribution in [0.5, 0.6) is 17.2 Å². The van der Waals surface area contributed by atoms with Crippen LogP contribution in [0.1, 0.15) is 15.9 Å². The maximum absolute atomic E-state index is 12.2. The Kier molecular flexibility index (Phi) is 5.25. The Bertz CT molecular complexity index is 738. The van der Waals surface area contributed by atoms with Crippen LogP contribution in [0.15, 0.2) is 42.5 Å². The van der Waals surface area contributed by atoms with E-state index in [2.05, 4.69) is 0 Å². The highest BCUT2D eigenvalue weighted by atomic mass is 16.5. The molecule has 0 aliphatic carbocycles. The molecular weight excluding hydrogens is 294 g/mol. The van der Waals surface area contributed by atoms with Gasteiger partial charge >= 0.3 is 0 Å². The van der Waals surface area contributed by atoms with Gasteiger partial charge in [-0.1, -0.05) is 12.1 Å². The first-order valence-corrected chi connectivity index (χ1v) is 6.97. The molecule has 0 aliphatic rings. The number of carbonyl (C=O) groups is 1. The Morgan fingerprint density at radius 1 is 1.00 bits per heavy atom. The first kappa shape index (κ1) is 16.4. The van der Waals surface area contributed by atoms with Crippen LogP contribution in [0, 0.1) is 0 Å². The fourth-order valence-corrected chi connectivity index (χ4v) is 2.21. The van der Waals surface area contributed by atoms with Crippen molar-refractivity contribution in [3.8, 4) is 17.2 Å². The number of allylic oxidation sites excluding steroid dienone is 1. The minimum atomic E-state index is -0.144. The third-order valence-electron chi connectivity index (χ3n) is 3.32. The molecule has 0 atom stereocenters. The van der Waals surface area contributed by atoms with Gasteiger partial charge in [-0.25, -0.2) is 0 Å². The van der Waals surface area contributed by atoms with Gasteiger partial charge in [0.25, 0.3) is 0 Å². The molecule has 2 aromatic rings. The molecule has 2 N–H and O–H groups in total. The number of hydrogen-bond acceptors (Lipinski definition) is 5. The summed E-state index contributed by atoms with van der Waals surface area (Å²) in [5.74, 6) is 1.40. The Hall–Kier alpha value is -2.95. The second-order valence-corrected chi connectivity index (χ2v) is 4.75. The minimum Gasteiger partial charge on any atom is -0.493 e. The smallest absolute Gasteiger partial charge is 0.203 e. The lowest BCUT2D eigenvalue weighted by molar-refractivity contribution is 0.104. The number of nitrogen functional groups attached to an aromatic ring is 1. The first-order valence-electron chi connectivity index (χ1n) is 6.97. The van der Waals surface area contributed by atoms with E-state index in [1.54, 1.807) is 49.6 Å². The molecule has 0 fully saturated rings. The summed E-state index contributed by atoms with van der Waals surface area (Å²) < 4.78 is 15.9. The molecule has 5 heteroatoms. The molecule has 0 radical (unpaired) electrons. The van der Waals surface area contributed by atoms with Crippen molar-refractivity contribution in [1.29, 1.82) is 0 Å². The van der Waals surface area contributed by atoms with Crippen molar-refractivity contribution in [2.45, 2.75) is 0 Å². The Morgan fingerprint density at radius 3 is 2.35 bits per heavy atom. The topological polar surface area (TPSA) is 70.8 Å². The Labute approximate surface area is 135 Å². The van der Waals surface area contributed by atoms with Crippen molar-refractivity contribution in [1.82, 2.24) is 0 Å². The molecule has 0 aromatic heterocycles. The van der Waals surface area contributed by atoms with Crippen LogP contribution in [0.3, 0.4) is 0 Å². The van der Waals surface area contributed by atoms with E-state index in [1.165, 1.54) is 20.3 Å². The lowest BCUT2D eigenvalue weighted by Crippen LogP contribution is -1.98. The molecule has 0 spiro atoms. The summed E-state index contributed by atoms with van der Waals surface area (Å²) in [4.78, 5) is 12.2. The summed E-state index contributed by atoms with van der Waals surface area (Å²) in [5, 5.41) is 0. The number of carbonyl (C=O) groups excluding carboxylic acids is 1. The SMILES string of the molecule is COc1ccc(C=CC(=O)c2cccc(N)c2)c(OC)c1OC. The van der Waals surface area contributed by atoms with E-state index < -0.39 is 0 Å². The maximum Gasteiger partial charge on any atom is 0.203 e. The van der Waals surface area contributed by atoms with Gasteiger partial charge < -0.3 is 19.9 Å². The zero-order chi connectivity index (χ0) is 16.8. The zero-order valence-corrected chi connectivity index (χ0v) is 13.3. The van der Waals surface area contributed by atoms with Crippen molar-refractivity contribution in [3.63, 3.8) is 0 Å². The highest BCUT2D eigenvalue weighted by molar-refractivity contribution is 6.07. The Morgan fingerprint density at radius 2 is 1.74 bits per heavy atom. The van der Waals surface area contributed by atoms with Crippen molar-refractivity contribution in [2.75, 3.05) is 27.1 Å². The number of hydrogen-bond donors (Lipinski definition) is 1. The molecule has 2 aromatic carbocycles. The van der Waals surface area contributed by atoms with Crippen LogP contribution in [0.2, 0.25) is 0 Å². The van der Waals surface area contributed by atoms with Gasteiger partial charge in [0.15, 0.2) is 17.3 Å². The van der Waals surface area contributed by atoms with Gasteiger partial charge in [0, 0.05) is 16.8 Å². The fraction of sp³-hybridized carbons (Fsp3) is 0.167. The average molecular weight is 313 g/mol. The van der Waals surface area contributed by atoms with Crippen LogP contribution in [-0.2, 0) is 0 Å². The molecule has 0 saturated carbocycles. The van der Waals surface area contributed by atoms with Gasteiger partial charge in [0.2, 0.25) is 5.75 Å². The fourth-order valence-electron chi connectivity index (χ4n) is 2.21. The molecule has 0 bridgehead atoms. The summed E-state index contributed by atoms with van der Waals surface area (Å²) >= 11 is 0. The second-order valence-electron chi connectivity index (χ2n) is 4.75. The minimum absolute atomic E-state index is 0.144. The molecule has 0 amide bonds. The van der Waals surface area contributed by atoms with Crippen molar-refractivity contribution >= 4 is 17.5 Å². The van der Waals surface area contributed by atoms with Gasteiger partial charge in [-0.15, -0.1) is 0 Å². The van der Waals surface area contributed by atoms with E-state index in [1.807, 2.05) is 0 Å². The number of ether oxygens (including phenoxy) is 3. The number of anilines is 1. The van der Waals surface area contributed by atoms with E-state index in [-0.39, 0.29) is 5.78 Å². The standard InChI is InChI=1S/C18H19NO4/c1-21-16-10-8-12(17(22-2)18(16)23-3)7-9-15(20)13-5-4-6-14(19)11-13/h4-11H,19H2,1-3H3. The predicted molar refractivity (Wildman–Crippen MR) is 90.3 cm³/mol. The molecule has 0 saturated heterocycles. The van der Waals surface area contributed by atoms with Gasteiger partial charge in [-0.05, 0) is 36.4 Å². The lowest BCUT2D eigenvalue weighted by atomic mass is 10.1. The first-order chi connectivity index (χ1) is 11.1. The number of ketones is 1. The molecule has 120 valence electrons. The maximum atomic E-state index is 12.2. The van der Waals surface area contributed by atoms with Crippen LogP contribution in [0.4, 0.5) is 5.69 Å². The van der Waals surface area contributed by atoms with Crippen molar-refractivity contribution < 1.29 is 19.0 Å². The molecule has 0 aliphatic heterocycles. The molecule has 0 unspecified atom stereocenters. The monoisotopic (exact) mass is 313 g/mol. The van der Waals surface area contributed by atoms with E-state index in [0.717, 1.165) is 0 Å². The number of nitrogens with two attached hydrogens (primary N) is 1. The molecule has 0 heterocycles. The molecule has 2 rings (SSSR count). The van der Waals surface area contributed by atoms with Gasteiger partial charge in [-0.3, -0.25) is 4.79 Å². The third-order valence-corrected chi connectivity index (χ3v) is 3.32. The molecular formula is C18H19NO4. The summed E-state index contributed by atoms with van der Waals surface area (Å²) in [7, 11) is 4.62. The van der Waals surface area contributed by atoms with Crippen LogP contribution in [-0.4, -0.2) is 27.1 Å². The van der Waals surface area contributed by atoms with Crippen LogP contribution < -0.4 is 19.9 Å². The number of rotatable bonds is 6. The van der Waals surface area contributed by atoms with Gasteiger partial charge in [0.1, 0.15) is 0 Å². The average Bonchev–Trinajstić information content (AvgIpc) is 2.58.